The van der Waals surface area contributed by atoms with Crippen molar-refractivity contribution in [3.63, 3.8) is 0 Å². The van der Waals surface area contributed by atoms with Gasteiger partial charge in [0.05, 0.1) is 6.54 Å². The molecule has 0 heterocycles. The molecule has 0 fully saturated rings. The second kappa shape index (κ2) is 5.82. The lowest BCUT2D eigenvalue weighted by Gasteiger charge is -2.18. The molecule has 1 aromatic carbocycles. The Hall–Kier alpha value is -0.620. The summed E-state index contributed by atoms with van der Waals surface area (Å²) in [6.45, 7) is -0.824. The lowest BCUT2D eigenvalue weighted by atomic mass is 10.1. The molecule has 0 N–H and O–H groups in total. The lowest BCUT2D eigenvalue weighted by molar-refractivity contribution is -0.142. The molecule has 96 valence electrons. The molecule has 0 radical (unpaired) electrons. The van der Waals surface area contributed by atoms with Crippen LogP contribution in [-0.2, 0) is 6.42 Å². The largest absolute Gasteiger partial charge is 0.401 e. The van der Waals surface area contributed by atoms with Crippen LogP contribution in [0.3, 0.4) is 0 Å². The highest BCUT2D eigenvalue weighted by atomic mass is 79.9. The highest BCUT2D eigenvalue weighted by molar-refractivity contribution is 9.10. The second-order valence-electron chi connectivity index (χ2n) is 3.84. The van der Waals surface area contributed by atoms with Crippen molar-refractivity contribution >= 4 is 15.9 Å². The fourth-order valence-corrected chi connectivity index (χ4v) is 1.84. The first kappa shape index (κ1) is 14.4. The van der Waals surface area contributed by atoms with Crippen LogP contribution in [-0.4, -0.2) is 31.2 Å². The van der Waals surface area contributed by atoms with E-state index in [0.717, 1.165) is 4.90 Å². The van der Waals surface area contributed by atoms with E-state index < -0.39 is 18.5 Å². The van der Waals surface area contributed by atoms with Gasteiger partial charge in [-0.05, 0) is 37.2 Å². The molecular weight excluding hydrogens is 302 g/mol. The maximum atomic E-state index is 13.3. The van der Waals surface area contributed by atoms with Gasteiger partial charge in [-0.2, -0.15) is 13.2 Å². The lowest BCUT2D eigenvalue weighted by Crippen LogP contribution is -2.32. The van der Waals surface area contributed by atoms with Crippen molar-refractivity contribution in [2.75, 3.05) is 20.1 Å². The smallest absolute Gasteiger partial charge is 0.298 e. The average Bonchev–Trinajstić information content (AvgIpc) is 2.17. The summed E-state index contributed by atoms with van der Waals surface area (Å²) in [6.07, 6.45) is -3.97. The molecule has 6 heteroatoms. The minimum Gasteiger partial charge on any atom is -0.298 e. The third-order valence-corrected chi connectivity index (χ3v) is 2.71. The van der Waals surface area contributed by atoms with Crippen LogP contribution in [0.1, 0.15) is 5.56 Å². The summed E-state index contributed by atoms with van der Waals surface area (Å²) in [7, 11) is 1.36. The molecule has 0 aromatic heterocycles. The van der Waals surface area contributed by atoms with Gasteiger partial charge in [0, 0.05) is 11.0 Å². The molecule has 1 aromatic rings. The van der Waals surface area contributed by atoms with Gasteiger partial charge in [-0.3, -0.25) is 4.90 Å². The van der Waals surface area contributed by atoms with Crippen molar-refractivity contribution in [1.29, 1.82) is 0 Å². The molecule has 1 nitrogen and oxygen atoms in total. The van der Waals surface area contributed by atoms with Crippen molar-refractivity contribution in [2.24, 2.45) is 0 Å². The molecule has 0 saturated heterocycles. The Bertz CT molecular complexity index is 378. The number of rotatable bonds is 4. The second-order valence-corrected chi connectivity index (χ2v) is 4.75. The van der Waals surface area contributed by atoms with E-state index in [0.29, 0.717) is 10.0 Å². The van der Waals surface area contributed by atoms with E-state index in [9.17, 15) is 17.6 Å². The van der Waals surface area contributed by atoms with E-state index in [-0.39, 0.29) is 13.0 Å². The Morgan fingerprint density at radius 3 is 2.53 bits per heavy atom. The highest BCUT2D eigenvalue weighted by Gasteiger charge is 2.28. The maximum Gasteiger partial charge on any atom is 0.401 e. The summed E-state index contributed by atoms with van der Waals surface area (Å²) in [4.78, 5) is 1.13. The normalized spacial score (nSPS) is 12.2. The number of nitrogens with zero attached hydrogens (tertiary/aromatic N) is 1. The minimum absolute atomic E-state index is 0.160. The molecule has 0 atom stereocenters. The Kier molecular flexibility index (Phi) is 4.94. The van der Waals surface area contributed by atoms with Crippen LogP contribution in [0.5, 0.6) is 0 Å². The summed E-state index contributed by atoms with van der Waals surface area (Å²) in [6, 6.07) is 4.43. The summed E-state index contributed by atoms with van der Waals surface area (Å²) in [5.74, 6) is -0.395. The van der Waals surface area contributed by atoms with Gasteiger partial charge in [-0.1, -0.05) is 15.9 Å². The summed E-state index contributed by atoms with van der Waals surface area (Å²) in [5.41, 5.74) is 0.411. The summed E-state index contributed by atoms with van der Waals surface area (Å²) >= 11 is 3.19. The number of halogens is 5. The van der Waals surface area contributed by atoms with Crippen LogP contribution in [0.4, 0.5) is 17.6 Å². The zero-order chi connectivity index (χ0) is 13.1. The fraction of sp³-hybridized carbons (Fsp3) is 0.455. The Labute approximate surface area is 106 Å². The summed E-state index contributed by atoms with van der Waals surface area (Å²) < 4.78 is 50.2. The van der Waals surface area contributed by atoms with Crippen LogP contribution >= 0.6 is 15.9 Å². The minimum atomic E-state index is -4.22. The fourth-order valence-electron chi connectivity index (χ4n) is 1.43. The number of likely N-dealkylation sites (N-methyl/N-ethyl adjacent to an activating group) is 1. The zero-order valence-electron chi connectivity index (χ0n) is 9.19. The van der Waals surface area contributed by atoms with Crippen molar-refractivity contribution in [3.8, 4) is 0 Å². The standard InChI is InChI=1S/C11H12BrF4N/c1-17(7-11(14,15)16)5-4-8-6-9(12)2-3-10(8)13/h2-3,6H,4-5,7H2,1H3. The first-order valence-electron chi connectivity index (χ1n) is 4.97. The topological polar surface area (TPSA) is 3.24 Å². The maximum absolute atomic E-state index is 13.3. The Balaban J connectivity index is 2.53. The van der Waals surface area contributed by atoms with Crippen LogP contribution < -0.4 is 0 Å². The molecule has 0 spiro atoms. The SMILES string of the molecule is CN(CCc1cc(Br)ccc1F)CC(F)(F)F. The number of alkyl halides is 3. The molecule has 0 saturated carbocycles. The quantitative estimate of drug-likeness (QED) is 0.767. The van der Waals surface area contributed by atoms with E-state index in [1.165, 1.54) is 13.1 Å². The van der Waals surface area contributed by atoms with Gasteiger partial charge in [-0.15, -0.1) is 0 Å². The van der Waals surface area contributed by atoms with Gasteiger partial charge < -0.3 is 0 Å². The third-order valence-electron chi connectivity index (χ3n) is 2.22. The van der Waals surface area contributed by atoms with Crippen molar-refractivity contribution in [3.05, 3.63) is 34.1 Å². The van der Waals surface area contributed by atoms with Crippen LogP contribution in [0.15, 0.2) is 22.7 Å². The molecule has 0 unspecified atom stereocenters. The summed E-state index contributed by atoms with van der Waals surface area (Å²) in [5, 5.41) is 0. The molecule has 17 heavy (non-hydrogen) atoms. The number of hydrogen-bond acceptors (Lipinski definition) is 1. The van der Waals surface area contributed by atoms with Gasteiger partial charge in [0.15, 0.2) is 0 Å². The monoisotopic (exact) mass is 313 g/mol. The molecule has 0 aliphatic heterocycles. The molecule has 0 amide bonds. The predicted molar refractivity (Wildman–Crippen MR) is 61.4 cm³/mol. The van der Waals surface area contributed by atoms with Crippen LogP contribution in [0.2, 0.25) is 0 Å². The van der Waals surface area contributed by atoms with Gasteiger partial charge in [0.25, 0.3) is 0 Å². The van der Waals surface area contributed by atoms with E-state index in [1.807, 2.05) is 0 Å². The van der Waals surface area contributed by atoms with Gasteiger partial charge in [0.2, 0.25) is 0 Å². The average molecular weight is 314 g/mol. The van der Waals surface area contributed by atoms with Gasteiger partial charge in [-0.25, -0.2) is 4.39 Å². The van der Waals surface area contributed by atoms with Gasteiger partial charge >= 0.3 is 6.18 Å². The third kappa shape index (κ3) is 5.50. The molecular formula is C11H12BrF4N. The van der Waals surface area contributed by atoms with E-state index in [2.05, 4.69) is 15.9 Å². The molecule has 0 aliphatic carbocycles. The first-order valence-corrected chi connectivity index (χ1v) is 5.76. The number of hydrogen-bond donors (Lipinski definition) is 0. The molecule has 0 aliphatic rings. The molecule has 1 rings (SSSR count). The number of benzene rings is 1. The molecule has 0 bridgehead atoms. The van der Waals surface area contributed by atoms with Crippen molar-refractivity contribution in [2.45, 2.75) is 12.6 Å². The van der Waals surface area contributed by atoms with Gasteiger partial charge in [0.1, 0.15) is 5.82 Å². The predicted octanol–water partition coefficient (Wildman–Crippen LogP) is 3.62. The Morgan fingerprint density at radius 1 is 1.29 bits per heavy atom. The highest BCUT2D eigenvalue weighted by Crippen LogP contribution is 2.18. The van der Waals surface area contributed by atoms with E-state index in [1.54, 1.807) is 12.1 Å². The van der Waals surface area contributed by atoms with E-state index >= 15 is 0 Å². The van der Waals surface area contributed by atoms with Crippen LogP contribution in [0, 0.1) is 5.82 Å². The van der Waals surface area contributed by atoms with Crippen LogP contribution in [0.25, 0.3) is 0 Å². The van der Waals surface area contributed by atoms with E-state index in [4.69, 9.17) is 0 Å². The Morgan fingerprint density at radius 2 is 1.94 bits per heavy atom. The first-order chi connectivity index (χ1) is 7.78. The zero-order valence-corrected chi connectivity index (χ0v) is 10.8. The van der Waals surface area contributed by atoms with Crippen molar-refractivity contribution in [1.82, 2.24) is 4.90 Å². The van der Waals surface area contributed by atoms with Crippen molar-refractivity contribution < 1.29 is 17.6 Å².